The molecule has 1 heterocycles. The van der Waals surface area contributed by atoms with Crippen LogP contribution in [0, 0.1) is 0 Å². The fourth-order valence-corrected chi connectivity index (χ4v) is 1.87. The monoisotopic (exact) mass is 261 g/mol. The summed E-state index contributed by atoms with van der Waals surface area (Å²) in [4.78, 5) is 4.34. The Morgan fingerprint density at radius 1 is 1.05 bits per heavy atom. The summed E-state index contributed by atoms with van der Waals surface area (Å²) in [6.45, 7) is 5.43. The number of aromatic nitrogens is 1. The molecule has 1 aromatic heterocycles. The predicted octanol–water partition coefficient (Wildman–Crippen LogP) is 3.01. The molecule has 0 spiro atoms. The topological polar surface area (TPSA) is 40.6 Å². The molecule has 0 bridgehead atoms. The molecular formula is C15H19NO3. The largest absolute Gasteiger partial charge is 0.486 e. The summed E-state index contributed by atoms with van der Waals surface area (Å²) in [6, 6.07) is 9.80. The molecule has 2 rings (SSSR count). The summed E-state index contributed by atoms with van der Waals surface area (Å²) >= 11 is 0. The van der Waals surface area contributed by atoms with Gasteiger partial charge in [0.05, 0.1) is 0 Å². The minimum atomic E-state index is -0.339. The molecule has 0 fully saturated rings. The van der Waals surface area contributed by atoms with Gasteiger partial charge in [0, 0.05) is 24.8 Å². The first-order chi connectivity index (χ1) is 9.35. The standard InChI is InChI=1S/C15H19NO3/c1-3-17-14(18-4-2)11-19-13-9-5-7-12-8-6-10-16-15(12)13/h5-10,14H,3-4,11H2,1-2H3. The van der Waals surface area contributed by atoms with Gasteiger partial charge in [-0.05, 0) is 26.0 Å². The van der Waals surface area contributed by atoms with Crippen LogP contribution < -0.4 is 4.74 Å². The lowest BCUT2D eigenvalue weighted by atomic mass is 10.2. The molecule has 0 atom stereocenters. The minimum Gasteiger partial charge on any atom is -0.486 e. The number of rotatable bonds is 7. The van der Waals surface area contributed by atoms with Crippen LogP contribution in [0.4, 0.5) is 0 Å². The van der Waals surface area contributed by atoms with Gasteiger partial charge >= 0.3 is 0 Å². The number of hydrogen-bond donors (Lipinski definition) is 0. The van der Waals surface area contributed by atoms with E-state index in [1.807, 2.05) is 44.2 Å². The Balaban J connectivity index is 2.08. The second-order valence-electron chi connectivity index (χ2n) is 3.98. The average molecular weight is 261 g/mol. The van der Waals surface area contributed by atoms with Crippen LogP contribution in [0.2, 0.25) is 0 Å². The van der Waals surface area contributed by atoms with Gasteiger partial charge in [0.1, 0.15) is 17.9 Å². The normalized spacial score (nSPS) is 11.1. The lowest BCUT2D eigenvalue weighted by Crippen LogP contribution is -2.25. The first-order valence-corrected chi connectivity index (χ1v) is 6.55. The van der Waals surface area contributed by atoms with E-state index in [-0.39, 0.29) is 6.29 Å². The van der Waals surface area contributed by atoms with E-state index in [0.717, 1.165) is 16.7 Å². The summed E-state index contributed by atoms with van der Waals surface area (Å²) < 4.78 is 16.7. The molecule has 0 N–H and O–H groups in total. The molecule has 19 heavy (non-hydrogen) atoms. The third kappa shape index (κ3) is 3.66. The number of para-hydroxylation sites is 1. The van der Waals surface area contributed by atoms with Gasteiger partial charge in [-0.25, -0.2) is 0 Å². The van der Waals surface area contributed by atoms with Crippen molar-refractivity contribution in [3.63, 3.8) is 0 Å². The van der Waals surface area contributed by atoms with E-state index in [2.05, 4.69) is 4.98 Å². The number of fused-ring (bicyclic) bond motifs is 1. The van der Waals surface area contributed by atoms with Gasteiger partial charge in [0.2, 0.25) is 0 Å². The highest BCUT2D eigenvalue weighted by Crippen LogP contribution is 2.23. The molecule has 102 valence electrons. The second kappa shape index (κ2) is 7.07. The van der Waals surface area contributed by atoms with Crippen LogP contribution >= 0.6 is 0 Å². The molecule has 0 amide bonds. The van der Waals surface area contributed by atoms with Gasteiger partial charge in [-0.3, -0.25) is 4.98 Å². The lowest BCUT2D eigenvalue weighted by molar-refractivity contribution is -0.152. The number of nitrogens with zero attached hydrogens (tertiary/aromatic N) is 1. The smallest absolute Gasteiger partial charge is 0.191 e. The van der Waals surface area contributed by atoms with Gasteiger partial charge in [0.15, 0.2) is 6.29 Å². The van der Waals surface area contributed by atoms with Gasteiger partial charge in [-0.1, -0.05) is 18.2 Å². The number of benzene rings is 1. The fraction of sp³-hybridized carbons (Fsp3) is 0.400. The van der Waals surface area contributed by atoms with Crippen molar-refractivity contribution >= 4 is 10.9 Å². The zero-order chi connectivity index (χ0) is 13.5. The highest BCUT2D eigenvalue weighted by Gasteiger charge is 2.10. The molecule has 1 aromatic carbocycles. The minimum absolute atomic E-state index is 0.339. The van der Waals surface area contributed by atoms with Crippen molar-refractivity contribution in [2.75, 3.05) is 19.8 Å². The van der Waals surface area contributed by atoms with E-state index < -0.39 is 0 Å². The Hall–Kier alpha value is -1.65. The van der Waals surface area contributed by atoms with Crippen LogP contribution in [-0.4, -0.2) is 31.1 Å². The van der Waals surface area contributed by atoms with Crippen LogP contribution in [0.25, 0.3) is 10.9 Å². The Morgan fingerprint density at radius 3 is 2.53 bits per heavy atom. The summed E-state index contributed by atoms with van der Waals surface area (Å²) in [5, 5.41) is 1.06. The molecule has 4 nitrogen and oxygen atoms in total. The summed E-state index contributed by atoms with van der Waals surface area (Å²) in [6.07, 6.45) is 1.42. The van der Waals surface area contributed by atoms with Crippen LogP contribution in [0.5, 0.6) is 5.75 Å². The molecule has 4 heteroatoms. The SMILES string of the molecule is CCOC(COc1cccc2cccnc12)OCC. The second-order valence-corrected chi connectivity index (χ2v) is 3.98. The van der Waals surface area contributed by atoms with Crippen LogP contribution in [0.3, 0.4) is 0 Å². The van der Waals surface area contributed by atoms with E-state index in [0.29, 0.717) is 19.8 Å². The Kier molecular flexibility index (Phi) is 5.12. The van der Waals surface area contributed by atoms with Crippen LogP contribution in [0.15, 0.2) is 36.5 Å². The maximum Gasteiger partial charge on any atom is 0.191 e. The molecule has 0 aliphatic heterocycles. The van der Waals surface area contributed by atoms with E-state index in [1.165, 1.54) is 0 Å². The highest BCUT2D eigenvalue weighted by molar-refractivity contribution is 5.84. The van der Waals surface area contributed by atoms with E-state index in [9.17, 15) is 0 Å². The fourth-order valence-electron chi connectivity index (χ4n) is 1.87. The summed E-state index contributed by atoms with van der Waals surface area (Å²) in [5.74, 6) is 0.752. The zero-order valence-corrected chi connectivity index (χ0v) is 11.3. The van der Waals surface area contributed by atoms with Crippen molar-refractivity contribution in [2.45, 2.75) is 20.1 Å². The first-order valence-electron chi connectivity index (χ1n) is 6.55. The highest BCUT2D eigenvalue weighted by atomic mass is 16.7. The molecule has 0 radical (unpaired) electrons. The average Bonchev–Trinajstić information content (AvgIpc) is 2.45. The van der Waals surface area contributed by atoms with Crippen molar-refractivity contribution in [3.8, 4) is 5.75 Å². The third-order valence-corrected chi connectivity index (χ3v) is 2.68. The van der Waals surface area contributed by atoms with E-state index >= 15 is 0 Å². The molecular weight excluding hydrogens is 242 g/mol. The van der Waals surface area contributed by atoms with Crippen molar-refractivity contribution < 1.29 is 14.2 Å². The number of hydrogen-bond acceptors (Lipinski definition) is 4. The number of ether oxygens (including phenoxy) is 3. The third-order valence-electron chi connectivity index (χ3n) is 2.68. The van der Waals surface area contributed by atoms with Gasteiger partial charge in [-0.2, -0.15) is 0 Å². The quantitative estimate of drug-likeness (QED) is 0.718. The van der Waals surface area contributed by atoms with Gasteiger partial charge in [0.25, 0.3) is 0 Å². The predicted molar refractivity (Wildman–Crippen MR) is 74.3 cm³/mol. The van der Waals surface area contributed by atoms with Crippen molar-refractivity contribution in [1.82, 2.24) is 4.98 Å². The van der Waals surface area contributed by atoms with E-state index in [4.69, 9.17) is 14.2 Å². The molecule has 0 aliphatic carbocycles. The van der Waals surface area contributed by atoms with Gasteiger partial charge < -0.3 is 14.2 Å². The maximum absolute atomic E-state index is 5.77. The zero-order valence-electron chi connectivity index (χ0n) is 11.3. The first kappa shape index (κ1) is 13.8. The van der Waals surface area contributed by atoms with Crippen LogP contribution in [-0.2, 0) is 9.47 Å². The van der Waals surface area contributed by atoms with E-state index in [1.54, 1.807) is 6.20 Å². The molecule has 0 aliphatic rings. The molecule has 0 saturated carbocycles. The lowest BCUT2D eigenvalue weighted by Gasteiger charge is -2.17. The van der Waals surface area contributed by atoms with Crippen molar-refractivity contribution in [2.24, 2.45) is 0 Å². The van der Waals surface area contributed by atoms with Crippen LogP contribution in [0.1, 0.15) is 13.8 Å². The molecule has 0 unspecified atom stereocenters. The van der Waals surface area contributed by atoms with Crippen molar-refractivity contribution in [1.29, 1.82) is 0 Å². The van der Waals surface area contributed by atoms with Gasteiger partial charge in [-0.15, -0.1) is 0 Å². The maximum atomic E-state index is 5.77. The Morgan fingerprint density at radius 2 is 1.79 bits per heavy atom. The Bertz CT molecular complexity index is 504. The summed E-state index contributed by atoms with van der Waals surface area (Å²) in [7, 11) is 0. The number of pyridine rings is 1. The molecule has 0 saturated heterocycles. The molecule has 2 aromatic rings. The summed E-state index contributed by atoms with van der Waals surface area (Å²) in [5.41, 5.74) is 0.858. The Labute approximate surface area is 113 Å². The van der Waals surface area contributed by atoms with Crippen molar-refractivity contribution in [3.05, 3.63) is 36.5 Å².